The normalized spacial score (nSPS) is 12.6. The van der Waals surface area contributed by atoms with Gasteiger partial charge >= 0.3 is 34.2 Å². The summed E-state index contributed by atoms with van der Waals surface area (Å²) >= 11 is 0. The van der Waals surface area contributed by atoms with E-state index in [-0.39, 0.29) is 0 Å². The van der Waals surface area contributed by atoms with Crippen LogP contribution >= 0.6 is 0 Å². The Morgan fingerprint density at radius 2 is 0.516 bits per heavy atom. The molecule has 0 atom stereocenters. The molecule has 0 aromatic heterocycles. The molecule has 0 fully saturated rings. The minimum atomic E-state index is -3.32. The van der Waals surface area contributed by atoms with Gasteiger partial charge in [0, 0.05) is 0 Å². The van der Waals surface area contributed by atoms with E-state index in [0.717, 1.165) is 20.7 Å². The largest absolute Gasteiger partial charge is 0.430 e. The van der Waals surface area contributed by atoms with Crippen molar-refractivity contribution in [2.45, 2.75) is 39.3 Å². The van der Waals surface area contributed by atoms with E-state index in [9.17, 15) is 0 Å². The number of hydrogen-bond acceptors (Lipinski definition) is 6. The summed E-state index contributed by atoms with van der Waals surface area (Å²) in [6, 6.07) is 40.6. The highest BCUT2D eigenvalue weighted by atomic mass is 28.5. The van der Waals surface area contributed by atoms with Gasteiger partial charge in [-0.2, -0.15) is 0 Å². The van der Waals surface area contributed by atoms with Gasteiger partial charge in [-0.25, -0.2) is 0 Å². The lowest BCUT2D eigenvalue weighted by Crippen LogP contribution is -2.71. The van der Waals surface area contributed by atoms with Crippen LogP contribution in [0.4, 0.5) is 0 Å². The van der Waals surface area contributed by atoms with Crippen LogP contribution in [0.5, 0.6) is 0 Å². The molecule has 0 spiro atoms. The maximum atomic E-state index is 7.14. The van der Waals surface area contributed by atoms with Gasteiger partial charge in [0.05, 0.1) is 0 Å². The third kappa shape index (κ3) is 13.4. The molecule has 0 N–H and O–H groups in total. The molecule has 0 aliphatic carbocycles. The van der Waals surface area contributed by atoms with Crippen LogP contribution in [0.3, 0.4) is 0 Å². The van der Waals surface area contributed by atoms with Crippen LogP contribution in [-0.4, -0.2) is 67.5 Å². The number of benzene rings is 4. The average Bonchev–Trinajstić information content (AvgIpc) is 3.33. The molecule has 0 aliphatic heterocycles. The third-order valence-electron chi connectivity index (χ3n) is 10.5. The molecule has 14 heteroatoms. The third-order valence-corrected chi connectivity index (χ3v) is 40.8. The number of hydrogen-bond donors (Lipinski definition) is 0. The van der Waals surface area contributed by atoms with E-state index in [1.165, 1.54) is 0 Å². The van der Waals surface area contributed by atoms with Gasteiger partial charge in [0.2, 0.25) is 16.6 Å². The van der Waals surface area contributed by atoms with E-state index in [1.807, 2.05) is 143 Å². The highest BCUT2D eigenvalue weighted by molar-refractivity contribution is 7.06. The van der Waals surface area contributed by atoms with Gasteiger partial charge in [-0.3, -0.25) is 0 Å². The molecule has 6 nitrogen and oxygen atoms in total. The first kappa shape index (κ1) is 54.1. The Balaban J connectivity index is 0.000000341. The lowest BCUT2D eigenvalue weighted by molar-refractivity contribution is 0.346. The van der Waals surface area contributed by atoms with Crippen LogP contribution in [0.25, 0.3) is 0 Å². The van der Waals surface area contributed by atoms with Crippen LogP contribution in [0, 0.1) is 0 Å². The molecule has 336 valence electrons. The Labute approximate surface area is 393 Å². The van der Waals surface area contributed by atoms with Gasteiger partial charge < -0.3 is 24.7 Å². The summed E-state index contributed by atoms with van der Waals surface area (Å²) in [4.78, 5) is 0. The van der Waals surface area contributed by atoms with E-state index in [4.69, 9.17) is 24.7 Å². The van der Waals surface area contributed by atoms with Crippen LogP contribution in [0.15, 0.2) is 244 Å². The topological polar surface area (TPSA) is 55.4 Å². The summed E-state index contributed by atoms with van der Waals surface area (Å²) in [5.74, 6) is 0. The maximum Gasteiger partial charge on any atom is 0.388 e. The fraction of sp³-hybridized carbons (Fsp3) is 0.120. The Hall–Kier alpha value is -4.22. The number of rotatable bonds is 26. The second-order valence-electron chi connectivity index (χ2n) is 16.2. The molecule has 4 rings (SSSR count). The maximum absolute atomic E-state index is 7.14. The van der Waals surface area contributed by atoms with E-state index >= 15 is 0 Å². The second kappa shape index (κ2) is 23.3. The van der Waals surface area contributed by atoms with E-state index in [0.29, 0.717) is 0 Å². The Morgan fingerprint density at radius 1 is 0.281 bits per heavy atom. The van der Waals surface area contributed by atoms with E-state index < -0.39 is 67.5 Å². The van der Waals surface area contributed by atoms with Crippen molar-refractivity contribution in [2.75, 3.05) is 0 Å². The first-order chi connectivity index (χ1) is 30.3. The fourth-order valence-electron chi connectivity index (χ4n) is 6.81. The molecule has 0 amide bonds. The predicted molar refractivity (Wildman–Crippen MR) is 294 cm³/mol. The summed E-state index contributed by atoms with van der Waals surface area (Å²) in [6.45, 7) is 52.5. The highest BCUT2D eigenvalue weighted by Crippen LogP contribution is 2.28. The molecule has 0 bridgehead atoms. The van der Waals surface area contributed by atoms with E-state index in [1.54, 1.807) is 0 Å². The van der Waals surface area contributed by atoms with Crippen LogP contribution in [-0.2, 0) is 24.7 Å². The zero-order chi connectivity index (χ0) is 47.8. The summed E-state index contributed by atoms with van der Waals surface area (Å²) < 4.78 is 41.7. The molecule has 4 aromatic carbocycles. The van der Waals surface area contributed by atoms with Gasteiger partial charge in [0.1, 0.15) is 0 Å². The molecular weight excluding hydrogens is 921 g/mol. The Bertz CT molecular complexity index is 2090. The van der Waals surface area contributed by atoms with Crippen molar-refractivity contribution in [3.63, 3.8) is 0 Å². The average molecular weight is 990 g/mol. The lowest BCUT2D eigenvalue weighted by Gasteiger charge is -2.43. The molecule has 64 heavy (non-hydrogen) atoms. The monoisotopic (exact) mass is 988 g/mol. The van der Waals surface area contributed by atoms with Gasteiger partial charge in [-0.1, -0.05) is 178 Å². The van der Waals surface area contributed by atoms with E-state index in [2.05, 4.69) is 141 Å². The zero-order valence-electron chi connectivity index (χ0n) is 38.8. The Kier molecular flexibility index (Phi) is 19.7. The van der Waals surface area contributed by atoms with Crippen molar-refractivity contribution in [3.8, 4) is 0 Å². The van der Waals surface area contributed by atoms with Crippen molar-refractivity contribution in [3.05, 3.63) is 244 Å². The summed E-state index contributed by atoms with van der Waals surface area (Å²) in [5.41, 5.74) is 18.5. The first-order valence-corrected chi connectivity index (χ1v) is 39.7. The van der Waals surface area contributed by atoms with Crippen molar-refractivity contribution in [2.24, 2.45) is 0 Å². The summed E-state index contributed by atoms with van der Waals surface area (Å²) in [7, 11) is -22.2. The summed E-state index contributed by atoms with van der Waals surface area (Å²) in [5, 5.41) is 4.03. The summed E-state index contributed by atoms with van der Waals surface area (Å²) in [6.07, 6.45) is 0. The smallest absolute Gasteiger partial charge is 0.388 e. The van der Waals surface area contributed by atoms with Gasteiger partial charge in [-0.15, -0.1) is 65.8 Å². The molecule has 0 saturated carbocycles. The minimum Gasteiger partial charge on any atom is -0.430 e. The molecule has 0 aliphatic rings. The molecule has 4 aromatic rings. The molecule has 0 saturated heterocycles. The van der Waals surface area contributed by atoms with Crippen molar-refractivity contribution in [1.82, 2.24) is 0 Å². The lowest BCUT2D eigenvalue weighted by atomic mass is 10.4. The van der Waals surface area contributed by atoms with Gasteiger partial charge in [0.25, 0.3) is 16.6 Å². The molecule has 0 unspecified atom stereocenters. The van der Waals surface area contributed by atoms with Crippen molar-refractivity contribution >= 4 is 88.3 Å². The molecule has 0 heterocycles. The van der Waals surface area contributed by atoms with Crippen molar-refractivity contribution in [1.29, 1.82) is 0 Å². The van der Waals surface area contributed by atoms with Crippen LogP contribution in [0.1, 0.15) is 0 Å². The fourth-order valence-corrected chi connectivity index (χ4v) is 38.3. The quantitative estimate of drug-likeness (QED) is 0.0585. The standard InChI is InChI=1S/C26H34O3Si4.C24H34O3Si4/c1-9-31(10-2,11-3)27-30(7,8)28-33(25-21-17-15-18-22-25,26-23-19-16-20-24-26)29-32(12-4,13-5)14-6;1-9-29(7,10-2)25-28(5,6)26-31(23-19-15-13-16-20-23,24-21-17-14-18-22-24)27-30(8,11-3)12-4/h9-24H,1-6H2,7-8H3;9-22H,1-4H2,5-8H3. The molecular formula is C50H68O6Si8. The first-order valence-electron chi connectivity index (χ1n) is 21.1. The second-order valence-corrected chi connectivity index (χ2v) is 43.7. The highest BCUT2D eigenvalue weighted by Gasteiger charge is 2.54. The zero-order valence-corrected chi connectivity index (χ0v) is 46.8. The van der Waals surface area contributed by atoms with Crippen LogP contribution < -0.4 is 20.7 Å². The van der Waals surface area contributed by atoms with Crippen LogP contribution in [0.2, 0.25) is 39.3 Å². The molecule has 0 radical (unpaired) electrons. The van der Waals surface area contributed by atoms with Gasteiger partial charge in [0.15, 0.2) is 0 Å². The minimum absolute atomic E-state index is 0.978. The Morgan fingerprint density at radius 3 is 0.781 bits per heavy atom. The SMILES string of the molecule is C=C[Si](C)(C=C)O[Si](C)(C)O[Si](O[Si](C)(C=C)C=C)(c1ccccc1)c1ccccc1.C=C[Si](C=C)(C=C)O[Si](C)(C)O[Si](O[Si](C=C)(C=C)C=C)(c1ccccc1)c1ccccc1. The van der Waals surface area contributed by atoms with Crippen molar-refractivity contribution < 1.29 is 24.7 Å². The predicted octanol–water partition coefficient (Wildman–Crippen LogP) is 10.3. The van der Waals surface area contributed by atoms with Gasteiger partial charge in [-0.05, 0) is 60.0 Å².